The van der Waals surface area contributed by atoms with Crippen molar-refractivity contribution in [3.8, 4) is 0 Å². The molecule has 2 aromatic rings. The number of aliphatic hydroxyl groups excluding tert-OH is 1. The van der Waals surface area contributed by atoms with Gasteiger partial charge in [0.05, 0.1) is 18.3 Å². The summed E-state index contributed by atoms with van der Waals surface area (Å²) in [5.74, 6) is 0.892. The number of carbonyl (C=O) groups excluding carboxylic acids is 1. The molecule has 2 amide bonds. The molecule has 1 atom stereocenters. The number of aromatic nitrogens is 1. The second-order valence-corrected chi connectivity index (χ2v) is 5.78. The number of rotatable bonds is 7. The number of amides is 2. The van der Waals surface area contributed by atoms with Crippen LogP contribution in [0.1, 0.15) is 36.8 Å². The van der Waals surface area contributed by atoms with Crippen molar-refractivity contribution in [2.24, 2.45) is 0 Å². The molecule has 1 unspecified atom stereocenters. The van der Waals surface area contributed by atoms with Gasteiger partial charge in [0.2, 0.25) is 0 Å². The zero-order chi connectivity index (χ0) is 16.7. The zero-order valence-electron chi connectivity index (χ0n) is 13.5. The summed E-state index contributed by atoms with van der Waals surface area (Å²) in [7, 11) is 0. The van der Waals surface area contributed by atoms with E-state index in [1.807, 2.05) is 50.2 Å². The third-order valence-electron chi connectivity index (χ3n) is 3.40. The van der Waals surface area contributed by atoms with Crippen molar-refractivity contribution in [1.82, 2.24) is 15.8 Å². The second-order valence-electron chi connectivity index (χ2n) is 5.78. The van der Waals surface area contributed by atoms with Gasteiger partial charge in [0.1, 0.15) is 0 Å². The minimum Gasteiger partial charge on any atom is -0.391 e. The normalized spacial score (nSPS) is 12.2. The average Bonchev–Trinajstić information content (AvgIpc) is 3.01. The predicted molar refractivity (Wildman–Crippen MR) is 87.0 cm³/mol. The van der Waals surface area contributed by atoms with Crippen molar-refractivity contribution >= 4 is 6.03 Å². The number of nitrogens with one attached hydrogen (secondary N) is 2. The Hall–Kier alpha value is -2.34. The van der Waals surface area contributed by atoms with E-state index in [0.717, 1.165) is 11.3 Å². The van der Waals surface area contributed by atoms with Crippen LogP contribution in [0.5, 0.6) is 0 Å². The van der Waals surface area contributed by atoms with Crippen LogP contribution in [-0.4, -0.2) is 28.9 Å². The number of urea groups is 1. The Morgan fingerprint density at radius 2 is 2.00 bits per heavy atom. The average molecular weight is 317 g/mol. The number of nitrogens with zero attached hydrogens (tertiary/aromatic N) is 1. The van der Waals surface area contributed by atoms with E-state index in [-0.39, 0.29) is 25.0 Å². The van der Waals surface area contributed by atoms with Crippen molar-refractivity contribution in [3.05, 3.63) is 53.4 Å². The molecule has 124 valence electrons. The number of benzene rings is 1. The van der Waals surface area contributed by atoms with Crippen LogP contribution >= 0.6 is 0 Å². The van der Waals surface area contributed by atoms with Crippen molar-refractivity contribution in [2.75, 3.05) is 6.54 Å². The summed E-state index contributed by atoms with van der Waals surface area (Å²) in [5.41, 5.74) is 1.89. The lowest BCUT2D eigenvalue weighted by Gasteiger charge is -2.12. The van der Waals surface area contributed by atoms with E-state index in [1.54, 1.807) is 0 Å². The Morgan fingerprint density at radius 3 is 2.65 bits per heavy atom. The lowest BCUT2D eigenvalue weighted by Crippen LogP contribution is -2.39. The first-order valence-corrected chi connectivity index (χ1v) is 7.73. The highest BCUT2D eigenvalue weighted by Crippen LogP contribution is 2.13. The van der Waals surface area contributed by atoms with Crippen LogP contribution in [0.2, 0.25) is 0 Å². The van der Waals surface area contributed by atoms with Gasteiger partial charge in [0, 0.05) is 19.0 Å². The molecule has 0 aliphatic rings. The molecule has 23 heavy (non-hydrogen) atoms. The number of carbonyl (C=O) groups is 1. The summed E-state index contributed by atoms with van der Waals surface area (Å²) < 4.78 is 5.14. The van der Waals surface area contributed by atoms with Gasteiger partial charge in [-0.15, -0.1) is 0 Å². The summed E-state index contributed by atoms with van der Waals surface area (Å²) in [4.78, 5) is 11.7. The molecule has 0 bridgehead atoms. The lowest BCUT2D eigenvalue weighted by atomic mass is 10.1. The number of hydrogen-bond donors (Lipinski definition) is 3. The monoisotopic (exact) mass is 317 g/mol. The fraction of sp³-hybridized carbons (Fsp3) is 0.412. The standard InChI is InChI=1S/C17H23N3O3/c1-12(2)16-9-15(23-20-16)11-19-17(22)18-10-14(21)8-13-6-4-3-5-7-13/h3-7,9,12,14,21H,8,10-11H2,1-2H3,(H2,18,19,22). The van der Waals surface area contributed by atoms with Gasteiger partial charge in [-0.1, -0.05) is 49.3 Å². The van der Waals surface area contributed by atoms with E-state index in [1.165, 1.54) is 0 Å². The van der Waals surface area contributed by atoms with E-state index in [0.29, 0.717) is 12.2 Å². The van der Waals surface area contributed by atoms with E-state index in [4.69, 9.17) is 4.52 Å². The molecule has 1 heterocycles. The van der Waals surface area contributed by atoms with Crippen LogP contribution in [0.25, 0.3) is 0 Å². The Bertz CT molecular complexity index is 611. The van der Waals surface area contributed by atoms with Crippen molar-refractivity contribution in [1.29, 1.82) is 0 Å². The Morgan fingerprint density at radius 1 is 1.26 bits per heavy atom. The van der Waals surface area contributed by atoms with Gasteiger partial charge in [-0.25, -0.2) is 4.79 Å². The summed E-state index contributed by atoms with van der Waals surface area (Å²) in [5, 5.41) is 19.2. The van der Waals surface area contributed by atoms with Crippen LogP contribution in [0, 0.1) is 0 Å². The molecule has 1 aromatic carbocycles. The minimum absolute atomic E-state index is 0.189. The molecule has 0 fully saturated rings. The highest BCUT2D eigenvalue weighted by molar-refractivity contribution is 5.73. The molecule has 0 radical (unpaired) electrons. The van der Waals surface area contributed by atoms with E-state index >= 15 is 0 Å². The fourth-order valence-corrected chi connectivity index (χ4v) is 2.08. The van der Waals surface area contributed by atoms with Crippen LogP contribution < -0.4 is 10.6 Å². The predicted octanol–water partition coefficient (Wildman–Crippen LogP) is 2.20. The van der Waals surface area contributed by atoms with Gasteiger partial charge in [-0.2, -0.15) is 0 Å². The zero-order valence-corrected chi connectivity index (χ0v) is 13.5. The highest BCUT2D eigenvalue weighted by Gasteiger charge is 2.10. The maximum Gasteiger partial charge on any atom is 0.315 e. The van der Waals surface area contributed by atoms with E-state index in [2.05, 4.69) is 15.8 Å². The minimum atomic E-state index is -0.624. The van der Waals surface area contributed by atoms with Gasteiger partial charge < -0.3 is 20.3 Å². The maximum absolute atomic E-state index is 11.7. The summed E-state index contributed by atoms with van der Waals surface area (Å²) >= 11 is 0. The maximum atomic E-state index is 11.7. The Kier molecular flexibility index (Phi) is 6.17. The molecule has 3 N–H and O–H groups in total. The van der Waals surface area contributed by atoms with Gasteiger partial charge >= 0.3 is 6.03 Å². The van der Waals surface area contributed by atoms with Crippen LogP contribution in [0.15, 0.2) is 40.9 Å². The largest absolute Gasteiger partial charge is 0.391 e. The molecule has 2 rings (SSSR count). The first-order valence-electron chi connectivity index (χ1n) is 7.73. The van der Waals surface area contributed by atoms with Crippen LogP contribution in [-0.2, 0) is 13.0 Å². The van der Waals surface area contributed by atoms with Gasteiger partial charge in [0.25, 0.3) is 0 Å². The smallest absolute Gasteiger partial charge is 0.315 e. The first kappa shape index (κ1) is 17.0. The summed E-state index contributed by atoms with van der Waals surface area (Å²) in [6.45, 7) is 4.50. The molecule has 1 aromatic heterocycles. The third-order valence-corrected chi connectivity index (χ3v) is 3.40. The summed E-state index contributed by atoms with van der Waals surface area (Å²) in [6.07, 6.45) is -0.123. The van der Waals surface area contributed by atoms with Crippen molar-refractivity contribution in [3.63, 3.8) is 0 Å². The number of aliphatic hydroxyl groups is 1. The fourth-order valence-electron chi connectivity index (χ4n) is 2.08. The molecule has 0 aliphatic heterocycles. The molecular weight excluding hydrogens is 294 g/mol. The van der Waals surface area contributed by atoms with Crippen LogP contribution in [0.4, 0.5) is 4.79 Å². The van der Waals surface area contributed by atoms with E-state index < -0.39 is 6.10 Å². The molecule has 0 saturated carbocycles. The molecule has 0 aliphatic carbocycles. The Balaban J connectivity index is 1.68. The van der Waals surface area contributed by atoms with Crippen molar-refractivity contribution < 1.29 is 14.4 Å². The highest BCUT2D eigenvalue weighted by atomic mass is 16.5. The van der Waals surface area contributed by atoms with Gasteiger partial charge in [0.15, 0.2) is 5.76 Å². The van der Waals surface area contributed by atoms with E-state index in [9.17, 15) is 9.90 Å². The number of hydrogen-bond acceptors (Lipinski definition) is 4. The third kappa shape index (κ3) is 5.75. The van der Waals surface area contributed by atoms with Gasteiger partial charge in [-0.3, -0.25) is 0 Å². The quantitative estimate of drug-likeness (QED) is 0.730. The Labute approximate surface area is 135 Å². The SMILES string of the molecule is CC(C)c1cc(CNC(=O)NCC(O)Cc2ccccc2)on1. The summed E-state index contributed by atoms with van der Waals surface area (Å²) in [6, 6.07) is 11.1. The molecule has 6 nitrogen and oxygen atoms in total. The second kappa shape index (κ2) is 8.33. The topological polar surface area (TPSA) is 87.4 Å². The van der Waals surface area contributed by atoms with Crippen LogP contribution in [0.3, 0.4) is 0 Å². The van der Waals surface area contributed by atoms with Crippen molar-refractivity contribution in [2.45, 2.75) is 38.8 Å². The molecule has 0 saturated heterocycles. The molecule has 0 spiro atoms. The molecular formula is C17H23N3O3. The lowest BCUT2D eigenvalue weighted by molar-refractivity contribution is 0.170. The molecule has 6 heteroatoms. The first-order chi connectivity index (χ1) is 11.0. The van der Waals surface area contributed by atoms with Gasteiger partial charge in [-0.05, 0) is 11.5 Å².